The number of hydrogen-bond donors (Lipinski definition) is 1. The Hall–Kier alpha value is -1.45. The lowest BCUT2D eigenvalue weighted by Gasteiger charge is -2.23. The van der Waals surface area contributed by atoms with Crippen molar-refractivity contribution in [3.05, 3.63) is 23.3 Å². The molecule has 0 unspecified atom stereocenters. The molecular weight excluding hydrogens is 180 g/mol. The molecule has 0 spiro atoms. The number of carbonyl (C=O) groups is 1. The van der Waals surface area contributed by atoms with E-state index in [1.54, 1.807) is 6.92 Å². The molecule has 0 atom stereocenters. The number of aromatic nitrogens is 2. The number of nitrogens with zero attached hydrogens (tertiary/aromatic N) is 2. The molecule has 0 bridgehead atoms. The molecule has 4 nitrogen and oxygen atoms in total. The second-order valence-electron chi connectivity index (χ2n) is 3.69. The molecule has 4 heteroatoms. The van der Waals surface area contributed by atoms with E-state index in [2.05, 4.69) is 9.97 Å². The van der Waals surface area contributed by atoms with Crippen molar-refractivity contribution in [3.63, 3.8) is 0 Å². The number of carboxylic acids is 1. The van der Waals surface area contributed by atoms with Crippen LogP contribution in [0.1, 0.15) is 47.2 Å². The highest BCUT2D eigenvalue weighted by Gasteiger charge is 2.23. The van der Waals surface area contributed by atoms with E-state index in [-0.39, 0.29) is 5.69 Å². The van der Waals surface area contributed by atoms with E-state index in [4.69, 9.17) is 5.11 Å². The second-order valence-corrected chi connectivity index (χ2v) is 3.69. The highest BCUT2D eigenvalue weighted by Crippen LogP contribution is 2.34. The number of hydrogen-bond acceptors (Lipinski definition) is 3. The average Bonchev–Trinajstić information content (AvgIpc) is 1.99. The SMILES string of the molecule is Cc1cc(C(=O)O)nc(C2CCC2)n1. The normalized spacial score (nSPS) is 16.4. The third kappa shape index (κ3) is 1.60. The number of aromatic carboxylic acids is 1. The third-order valence-corrected chi connectivity index (χ3v) is 2.56. The van der Waals surface area contributed by atoms with Gasteiger partial charge < -0.3 is 5.11 Å². The molecule has 1 saturated carbocycles. The molecule has 14 heavy (non-hydrogen) atoms. The summed E-state index contributed by atoms with van der Waals surface area (Å²) in [6.45, 7) is 1.80. The maximum atomic E-state index is 10.7. The van der Waals surface area contributed by atoms with Crippen LogP contribution in [0, 0.1) is 6.92 Å². The molecule has 0 aliphatic heterocycles. The topological polar surface area (TPSA) is 63.1 Å². The van der Waals surface area contributed by atoms with Crippen LogP contribution in [0.2, 0.25) is 0 Å². The van der Waals surface area contributed by atoms with Crippen molar-refractivity contribution in [2.75, 3.05) is 0 Å². The standard InChI is InChI=1S/C10H12N2O2/c1-6-5-8(10(13)14)12-9(11-6)7-3-2-4-7/h5,7H,2-4H2,1H3,(H,13,14). The van der Waals surface area contributed by atoms with Gasteiger partial charge in [-0.15, -0.1) is 0 Å². The van der Waals surface area contributed by atoms with Gasteiger partial charge in [0.25, 0.3) is 0 Å². The van der Waals surface area contributed by atoms with Crippen molar-refractivity contribution in [3.8, 4) is 0 Å². The van der Waals surface area contributed by atoms with Gasteiger partial charge in [-0.05, 0) is 25.8 Å². The molecule has 0 radical (unpaired) electrons. The first-order chi connectivity index (χ1) is 6.66. The molecule has 0 saturated heterocycles. The Labute approximate surface area is 82.0 Å². The Morgan fingerprint density at radius 2 is 2.21 bits per heavy atom. The molecule has 1 N–H and O–H groups in total. The molecule has 1 heterocycles. The van der Waals surface area contributed by atoms with Gasteiger partial charge in [0.05, 0.1) is 0 Å². The zero-order chi connectivity index (χ0) is 10.1. The lowest BCUT2D eigenvalue weighted by molar-refractivity contribution is 0.0689. The van der Waals surface area contributed by atoms with E-state index in [9.17, 15) is 4.79 Å². The van der Waals surface area contributed by atoms with E-state index in [1.807, 2.05) is 0 Å². The molecule has 1 aromatic heterocycles. The summed E-state index contributed by atoms with van der Waals surface area (Å²) < 4.78 is 0. The first-order valence-electron chi connectivity index (χ1n) is 4.75. The van der Waals surface area contributed by atoms with Crippen LogP contribution in [0.25, 0.3) is 0 Å². The van der Waals surface area contributed by atoms with E-state index in [0.717, 1.165) is 18.5 Å². The highest BCUT2D eigenvalue weighted by molar-refractivity contribution is 5.85. The predicted octanol–water partition coefficient (Wildman–Crippen LogP) is 1.75. The van der Waals surface area contributed by atoms with Gasteiger partial charge in [0.15, 0.2) is 5.69 Å². The molecule has 0 amide bonds. The summed E-state index contributed by atoms with van der Waals surface area (Å²) >= 11 is 0. The van der Waals surface area contributed by atoms with Crippen LogP contribution in [0.3, 0.4) is 0 Å². The summed E-state index contributed by atoms with van der Waals surface area (Å²) in [7, 11) is 0. The number of rotatable bonds is 2. The lowest BCUT2D eigenvalue weighted by atomic mass is 9.85. The molecule has 1 aliphatic carbocycles. The fourth-order valence-electron chi connectivity index (χ4n) is 1.55. The molecular formula is C10H12N2O2. The minimum atomic E-state index is -0.976. The first kappa shape index (κ1) is 9.12. The zero-order valence-corrected chi connectivity index (χ0v) is 8.03. The van der Waals surface area contributed by atoms with Crippen LogP contribution >= 0.6 is 0 Å². The second kappa shape index (κ2) is 3.36. The maximum Gasteiger partial charge on any atom is 0.354 e. The van der Waals surface area contributed by atoms with Crippen molar-refractivity contribution < 1.29 is 9.90 Å². The smallest absolute Gasteiger partial charge is 0.354 e. The summed E-state index contributed by atoms with van der Waals surface area (Å²) in [5.74, 6) is 0.109. The van der Waals surface area contributed by atoms with E-state index in [1.165, 1.54) is 12.5 Å². The van der Waals surface area contributed by atoms with Gasteiger partial charge in [-0.3, -0.25) is 0 Å². The van der Waals surface area contributed by atoms with Crippen LogP contribution in [-0.2, 0) is 0 Å². The van der Waals surface area contributed by atoms with Crippen molar-refractivity contribution in [1.82, 2.24) is 9.97 Å². The average molecular weight is 192 g/mol. The van der Waals surface area contributed by atoms with Gasteiger partial charge in [-0.25, -0.2) is 14.8 Å². The Bertz CT molecular complexity index is 372. The molecule has 74 valence electrons. The molecule has 1 fully saturated rings. The van der Waals surface area contributed by atoms with Crippen LogP contribution in [0.15, 0.2) is 6.07 Å². The highest BCUT2D eigenvalue weighted by atomic mass is 16.4. The largest absolute Gasteiger partial charge is 0.477 e. The van der Waals surface area contributed by atoms with Crippen LogP contribution in [0.4, 0.5) is 0 Å². The van der Waals surface area contributed by atoms with Gasteiger partial charge in [-0.1, -0.05) is 6.42 Å². The number of aryl methyl sites for hydroxylation is 1. The number of carboxylic acid groups (broad SMARTS) is 1. The minimum Gasteiger partial charge on any atom is -0.477 e. The van der Waals surface area contributed by atoms with Crippen LogP contribution in [-0.4, -0.2) is 21.0 Å². The van der Waals surface area contributed by atoms with E-state index < -0.39 is 5.97 Å². The molecule has 2 rings (SSSR count). The fraction of sp³-hybridized carbons (Fsp3) is 0.500. The fourth-order valence-corrected chi connectivity index (χ4v) is 1.55. The van der Waals surface area contributed by atoms with Gasteiger partial charge in [0.1, 0.15) is 5.82 Å². The summed E-state index contributed by atoms with van der Waals surface area (Å²) in [4.78, 5) is 19.1. The molecule has 1 aliphatic rings. The monoisotopic (exact) mass is 192 g/mol. The van der Waals surface area contributed by atoms with Gasteiger partial charge in [-0.2, -0.15) is 0 Å². The van der Waals surface area contributed by atoms with Crippen molar-refractivity contribution in [1.29, 1.82) is 0 Å². The third-order valence-electron chi connectivity index (χ3n) is 2.56. The zero-order valence-electron chi connectivity index (χ0n) is 8.03. The Morgan fingerprint density at radius 1 is 1.50 bits per heavy atom. The van der Waals surface area contributed by atoms with Crippen molar-refractivity contribution >= 4 is 5.97 Å². The Kier molecular flexibility index (Phi) is 2.19. The molecule has 1 aromatic rings. The van der Waals surface area contributed by atoms with E-state index in [0.29, 0.717) is 11.7 Å². The minimum absolute atomic E-state index is 0.111. The summed E-state index contributed by atoms with van der Waals surface area (Å²) in [6.07, 6.45) is 3.37. The molecule has 0 aromatic carbocycles. The van der Waals surface area contributed by atoms with Crippen molar-refractivity contribution in [2.45, 2.75) is 32.1 Å². The van der Waals surface area contributed by atoms with E-state index >= 15 is 0 Å². The maximum absolute atomic E-state index is 10.7. The van der Waals surface area contributed by atoms with Gasteiger partial charge in [0, 0.05) is 11.6 Å². The van der Waals surface area contributed by atoms with Crippen LogP contribution < -0.4 is 0 Å². The lowest BCUT2D eigenvalue weighted by Crippen LogP contribution is -2.15. The Balaban J connectivity index is 2.35. The van der Waals surface area contributed by atoms with Crippen LogP contribution in [0.5, 0.6) is 0 Å². The summed E-state index contributed by atoms with van der Waals surface area (Å²) in [5.41, 5.74) is 0.846. The summed E-state index contributed by atoms with van der Waals surface area (Å²) in [6, 6.07) is 1.50. The van der Waals surface area contributed by atoms with Gasteiger partial charge >= 0.3 is 5.97 Å². The first-order valence-corrected chi connectivity index (χ1v) is 4.75. The van der Waals surface area contributed by atoms with Gasteiger partial charge in [0.2, 0.25) is 0 Å². The van der Waals surface area contributed by atoms with Crippen molar-refractivity contribution in [2.24, 2.45) is 0 Å². The predicted molar refractivity (Wildman–Crippen MR) is 50.3 cm³/mol. The summed E-state index contributed by atoms with van der Waals surface area (Å²) in [5, 5.41) is 8.82. The Morgan fingerprint density at radius 3 is 2.71 bits per heavy atom. The quantitative estimate of drug-likeness (QED) is 0.775.